The monoisotopic (exact) mass is 484 g/mol. The zero-order valence-electron chi connectivity index (χ0n) is 18.0. The third-order valence-corrected chi connectivity index (χ3v) is 7.52. The van der Waals surface area contributed by atoms with Gasteiger partial charge in [-0.15, -0.1) is 0 Å². The van der Waals surface area contributed by atoms with E-state index in [-0.39, 0.29) is 25.2 Å². The molecule has 178 valence electrons. The van der Waals surface area contributed by atoms with Crippen LogP contribution >= 0.6 is 7.60 Å². The van der Waals surface area contributed by atoms with Crippen LogP contribution in [0.4, 0.5) is 18.0 Å². The third kappa shape index (κ3) is 4.78. The van der Waals surface area contributed by atoms with Crippen LogP contribution in [0.2, 0.25) is 0 Å². The van der Waals surface area contributed by atoms with Gasteiger partial charge < -0.3 is 18.8 Å². The number of hydrogen-bond donors (Lipinski definition) is 2. The van der Waals surface area contributed by atoms with Crippen molar-refractivity contribution < 1.29 is 36.3 Å². The van der Waals surface area contributed by atoms with Crippen LogP contribution < -0.4 is 5.32 Å². The predicted molar refractivity (Wildman–Crippen MR) is 117 cm³/mol. The van der Waals surface area contributed by atoms with Gasteiger partial charge in [-0.05, 0) is 25.5 Å². The first-order valence-corrected chi connectivity index (χ1v) is 11.7. The molecule has 0 aliphatic rings. The Morgan fingerprint density at radius 2 is 1.61 bits per heavy atom. The summed E-state index contributed by atoms with van der Waals surface area (Å²) in [7, 11) is -5.08. The molecule has 3 aromatic rings. The van der Waals surface area contributed by atoms with E-state index in [0.717, 1.165) is 6.20 Å². The van der Waals surface area contributed by atoms with Gasteiger partial charge in [0.15, 0.2) is 0 Å². The first kappa shape index (κ1) is 24.8. The largest absolute Gasteiger partial charge is 0.445 e. The number of hydrogen-bond acceptors (Lipinski definition) is 5. The van der Waals surface area contributed by atoms with E-state index in [0.29, 0.717) is 11.1 Å². The Morgan fingerprint density at radius 1 is 1.00 bits per heavy atom. The molecule has 0 aliphatic heterocycles. The molecular weight excluding hydrogens is 460 g/mol. The second kappa shape index (κ2) is 9.99. The van der Waals surface area contributed by atoms with Gasteiger partial charge in [0.05, 0.1) is 13.2 Å². The highest BCUT2D eigenvalue weighted by Gasteiger charge is 2.71. The van der Waals surface area contributed by atoms with E-state index in [1.807, 2.05) is 5.32 Å². The predicted octanol–water partition coefficient (Wildman–Crippen LogP) is 6.08. The smallest absolute Gasteiger partial charge is 0.427 e. The van der Waals surface area contributed by atoms with Crippen molar-refractivity contribution in [2.45, 2.75) is 31.9 Å². The van der Waals surface area contributed by atoms with Gasteiger partial charge in [0, 0.05) is 22.7 Å². The topological polar surface area (TPSA) is 89.7 Å². The quantitative estimate of drug-likeness (QED) is 0.360. The van der Waals surface area contributed by atoms with Gasteiger partial charge in [0.1, 0.15) is 6.61 Å². The van der Waals surface area contributed by atoms with Gasteiger partial charge in [0.25, 0.3) is 5.28 Å². The lowest BCUT2D eigenvalue weighted by atomic mass is 10.0. The minimum atomic E-state index is -5.29. The summed E-state index contributed by atoms with van der Waals surface area (Å²) >= 11 is 0. The van der Waals surface area contributed by atoms with Crippen LogP contribution in [0, 0.1) is 0 Å². The SMILES string of the molecule is CCOP(=O)(OCC)C(NC(=O)OCc1ccccc1)(c1c[nH]c2ccccc12)C(F)(F)F. The first-order valence-electron chi connectivity index (χ1n) is 10.2. The molecule has 3 rings (SSSR count). The molecule has 1 atom stereocenters. The highest BCUT2D eigenvalue weighted by molar-refractivity contribution is 7.55. The first-order chi connectivity index (χ1) is 15.7. The minimum Gasteiger partial charge on any atom is -0.445 e. The maximum Gasteiger partial charge on any atom is 0.427 e. The van der Waals surface area contributed by atoms with Crippen molar-refractivity contribution in [1.82, 2.24) is 10.3 Å². The molecule has 0 bridgehead atoms. The van der Waals surface area contributed by atoms with Crippen LogP contribution in [0.5, 0.6) is 0 Å². The summed E-state index contributed by atoms with van der Waals surface area (Å²) in [6.45, 7) is 1.78. The lowest BCUT2D eigenvalue weighted by Crippen LogP contribution is -2.56. The number of halogens is 3. The molecule has 1 heterocycles. The number of aromatic amines is 1. The minimum absolute atomic E-state index is 0.0952. The average molecular weight is 484 g/mol. The summed E-state index contributed by atoms with van der Waals surface area (Å²) in [6.07, 6.45) is -5.68. The molecular formula is C22H24F3N2O5P. The number of nitrogens with one attached hydrogen (secondary N) is 2. The molecule has 2 aromatic carbocycles. The number of alkyl halides is 3. The summed E-state index contributed by atoms with van der Waals surface area (Å²) in [4.78, 5) is 15.4. The molecule has 1 aromatic heterocycles. The standard InChI is InChI=1S/C22H24F3N2O5P/c1-3-31-33(29,32-4-2)21(22(23,24)25,18-14-26-19-13-9-8-12-17(18)19)27-20(28)30-15-16-10-6-5-7-11-16/h5-14,26H,3-4,15H2,1-2H3,(H,27,28). The molecule has 7 nitrogen and oxygen atoms in total. The van der Waals surface area contributed by atoms with Crippen molar-refractivity contribution in [3.05, 3.63) is 71.9 Å². The second-order valence-electron chi connectivity index (χ2n) is 6.98. The van der Waals surface area contributed by atoms with Crippen LogP contribution in [0.3, 0.4) is 0 Å². The van der Waals surface area contributed by atoms with Gasteiger partial charge in [-0.3, -0.25) is 9.88 Å². The molecule has 1 unspecified atom stereocenters. The van der Waals surface area contributed by atoms with Gasteiger partial charge in [-0.2, -0.15) is 13.2 Å². The average Bonchev–Trinajstić information content (AvgIpc) is 3.20. The summed E-state index contributed by atoms with van der Waals surface area (Å²) < 4.78 is 73.8. The molecule has 0 saturated carbocycles. The molecule has 0 fully saturated rings. The van der Waals surface area contributed by atoms with Gasteiger partial charge in [0.2, 0.25) is 0 Å². The Morgan fingerprint density at radius 3 is 2.21 bits per heavy atom. The summed E-state index contributed by atoms with van der Waals surface area (Å²) in [5, 5.41) is -1.61. The van der Waals surface area contributed by atoms with Crippen molar-refractivity contribution >= 4 is 24.6 Å². The normalized spacial score (nSPS) is 14.1. The fourth-order valence-electron chi connectivity index (χ4n) is 3.51. The highest BCUT2D eigenvalue weighted by atomic mass is 31.2. The van der Waals surface area contributed by atoms with E-state index in [2.05, 4.69) is 4.98 Å². The Balaban J connectivity index is 2.15. The number of fused-ring (bicyclic) bond motifs is 1. The summed E-state index contributed by atoms with van der Waals surface area (Å²) in [5.74, 6) is 0. The van der Waals surface area contributed by atoms with Crippen LogP contribution in [0.1, 0.15) is 25.0 Å². The van der Waals surface area contributed by atoms with Crippen LogP contribution in [0.25, 0.3) is 10.9 Å². The zero-order chi connectivity index (χ0) is 24.1. The number of carbonyl (C=O) groups excluding carboxylic acids is 1. The molecule has 0 spiro atoms. The van der Waals surface area contributed by atoms with E-state index in [4.69, 9.17) is 13.8 Å². The van der Waals surface area contributed by atoms with E-state index in [9.17, 15) is 22.5 Å². The molecule has 0 aliphatic carbocycles. The number of aromatic nitrogens is 1. The molecule has 1 amide bonds. The van der Waals surface area contributed by atoms with E-state index < -0.39 is 30.7 Å². The number of para-hydroxylation sites is 1. The Bertz CT molecular complexity index is 1130. The van der Waals surface area contributed by atoms with Crippen LogP contribution in [-0.2, 0) is 30.2 Å². The van der Waals surface area contributed by atoms with E-state index in [1.54, 1.807) is 42.5 Å². The van der Waals surface area contributed by atoms with Crippen LogP contribution in [-0.4, -0.2) is 30.5 Å². The molecule has 2 N–H and O–H groups in total. The Hall–Kier alpha value is -2.81. The number of H-pyrrole nitrogens is 1. The van der Waals surface area contributed by atoms with Gasteiger partial charge >= 0.3 is 19.9 Å². The number of amides is 1. The van der Waals surface area contributed by atoms with Crippen LogP contribution in [0.15, 0.2) is 60.8 Å². The van der Waals surface area contributed by atoms with E-state index in [1.165, 1.54) is 26.0 Å². The number of carbonyl (C=O) groups is 1. The van der Waals surface area contributed by atoms with Gasteiger partial charge in [-0.25, -0.2) is 4.79 Å². The van der Waals surface area contributed by atoms with Crippen molar-refractivity contribution in [3.63, 3.8) is 0 Å². The summed E-state index contributed by atoms with van der Waals surface area (Å²) in [5.41, 5.74) is 0.405. The number of benzene rings is 2. The molecule has 0 saturated heterocycles. The zero-order valence-corrected chi connectivity index (χ0v) is 18.9. The highest BCUT2D eigenvalue weighted by Crippen LogP contribution is 2.69. The molecule has 33 heavy (non-hydrogen) atoms. The van der Waals surface area contributed by atoms with Crippen molar-refractivity contribution in [2.24, 2.45) is 0 Å². The van der Waals surface area contributed by atoms with Crippen molar-refractivity contribution in [3.8, 4) is 0 Å². The Labute approximate surface area is 188 Å². The Kier molecular flexibility index (Phi) is 7.51. The fraction of sp³-hybridized carbons (Fsp3) is 0.318. The molecule has 11 heteroatoms. The molecule has 0 radical (unpaired) electrons. The third-order valence-electron chi connectivity index (χ3n) is 4.89. The van der Waals surface area contributed by atoms with E-state index >= 15 is 0 Å². The number of alkyl carbamates (subject to hydrolysis) is 1. The van der Waals surface area contributed by atoms with Crippen molar-refractivity contribution in [2.75, 3.05) is 13.2 Å². The number of ether oxygens (including phenoxy) is 1. The lowest BCUT2D eigenvalue weighted by Gasteiger charge is -2.40. The second-order valence-corrected chi connectivity index (χ2v) is 9.16. The fourth-order valence-corrected chi connectivity index (χ4v) is 5.67. The summed E-state index contributed by atoms with van der Waals surface area (Å²) in [6, 6.07) is 14.6. The maximum atomic E-state index is 14.9. The maximum absolute atomic E-state index is 14.9. The van der Waals surface area contributed by atoms with Crippen molar-refractivity contribution in [1.29, 1.82) is 0 Å². The lowest BCUT2D eigenvalue weighted by molar-refractivity contribution is -0.177. The van der Waals surface area contributed by atoms with Gasteiger partial charge in [-0.1, -0.05) is 48.5 Å². The number of rotatable bonds is 9.